The number of pyridine rings is 1. The molecule has 3 aromatic carbocycles. The van der Waals surface area contributed by atoms with Crippen molar-refractivity contribution < 1.29 is 28.3 Å². The molecule has 0 bridgehead atoms. The summed E-state index contributed by atoms with van der Waals surface area (Å²) in [5.41, 5.74) is -0.242. The fraction of sp³-hybridized carbons (Fsp3) is 0.281. The zero-order chi connectivity index (χ0) is 28.3. The molecular formula is C32H29FN2O5. The Morgan fingerprint density at radius 1 is 0.925 bits per heavy atom. The number of ether oxygens (including phenoxy) is 1. The first kappa shape index (κ1) is 27.1. The number of nitrogens with zero attached hydrogens (tertiary/aromatic N) is 2. The lowest BCUT2D eigenvalue weighted by atomic mass is 9.77. The molecular weight excluding hydrogens is 511 g/mol. The van der Waals surface area contributed by atoms with E-state index in [2.05, 4.69) is 10.1 Å². The van der Waals surface area contributed by atoms with Crippen molar-refractivity contribution in [1.29, 1.82) is 0 Å². The van der Waals surface area contributed by atoms with Gasteiger partial charge >= 0.3 is 5.97 Å². The minimum Gasteiger partial charge on any atom is -0.426 e. The van der Waals surface area contributed by atoms with E-state index in [1.54, 1.807) is 18.3 Å². The van der Waals surface area contributed by atoms with Crippen molar-refractivity contribution in [3.63, 3.8) is 0 Å². The first-order valence-corrected chi connectivity index (χ1v) is 13.2. The monoisotopic (exact) mass is 540 g/mol. The number of carbonyl (C=O) groups is 3. The summed E-state index contributed by atoms with van der Waals surface area (Å²) in [7, 11) is 0. The topological polar surface area (TPSA) is 94.9 Å². The molecule has 0 aliphatic carbocycles. The van der Waals surface area contributed by atoms with Crippen molar-refractivity contribution in [2.24, 2.45) is 17.0 Å². The molecule has 40 heavy (non-hydrogen) atoms. The molecule has 0 saturated carbocycles. The number of fused-ring (bicyclic) bond motifs is 2. The molecule has 7 nitrogen and oxygen atoms in total. The van der Waals surface area contributed by atoms with Gasteiger partial charge in [-0.25, -0.2) is 4.39 Å². The summed E-state index contributed by atoms with van der Waals surface area (Å²) in [6.07, 6.45) is 0.998. The Labute approximate surface area is 231 Å². The third-order valence-electron chi connectivity index (χ3n) is 7.51. The van der Waals surface area contributed by atoms with E-state index in [0.717, 1.165) is 21.5 Å². The van der Waals surface area contributed by atoms with Crippen LogP contribution in [0.3, 0.4) is 0 Å². The van der Waals surface area contributed by atoms with E-state index in [1.165, 1.54) is 0 Å². The smallest absolute Gasteiger partial charge is 0.311 e. The van der Waals surface area contributed by atoms with Gasteiger partial charge in [-0.05, 0) is 22.9 Å². The highest BCUT2D eigenvalue weighted by atomic mass is 19.1. The van der Waals surface area contributed by atoms with Gasteiger partial charge in [-0.2, -0.15) is 0 Å². The van der Waals surface area contributed by atoms with Crippen molar-refractivity contribution in [1.82, 2.24) is 4.98 Å². The normalized spacial score (nSPS) is 17.4. The van der Waals surface area contributed by atoms with Gasteiger partial charge in [0.25, 0.3) is 0 Å². The highest BCUT2D eigenvalue weighted by Crippen LogP contribution is 2.37. The number of aromatic nitrogens is 1. The molecule has 8 heteroatoms. The van der Waals surface area contributed by atoms with Gasteiger partial charge in [-0.15, -0.1) is 0 Å². The third-order valence-corrected chi connectivity index (χ3v) is 7.51. The third kappa shape index (κ3) is 5.21. The van der Waals surface area contributed by atoms with E-state index >= 15 is 0 Å². The minimum absolute atomic E-state index is 0.140. The predicted molar refractivity (Wildman–Crippen MR) is 150 cm³/mol. The predicted octanol–water partition coefficient (Wildman–Crippen LogP) is 6.02. The SMILES string of the molecule is CC(C)[C@@]1(C(=O)C[C@@H](CC(=O)Oc2cccc3ccccc23)C(=O)CF)CC(c2nccc3ccccc23)=NO1. The summed E-state index contributed by atoms with van der Waals surface area (Å²) >= 11 is 0. The van der Waals surface area contributed by atoms with Gasteiger partial charge in [0.15, 0.2) is 11.6 Å². The Morgan fingerprint density at radius 3 is 2.33 bits per heavy atom. The van der Waals surface area contributed by atoms with Crippen LogP contribution in [0.15, 0.2) is 84.1 Å². The van der Waals surface area contributed by atoms with Gasteiger partial charge in [-0.3, -0.25) is 19.4 Å². The van der Waals surface area contributed by atoms with Gasteiger partial charge in [0, 0.05) is 41.6 Å². The van der Waals surface area contributed by atoms with Crippen LogP contribution in [-0.4, -0.2) is 40.5 Å². The lowest BCUT2D eigenvalue weighted by molar-refractivity contribution is -0.150. The molecule has 5 rings (SSSR count). The maximum atomic E-state index is 13.7. The number of carbonyl (C=O) groups excluding carboxylic acids is 3. The maximum absolute atomic E-state index is 13.7. The van der Waals surface area contributed by atoms with Crippen LogP contribution < -0.4 is 4.74 Å². The van der Waals surface area contributed by atoms with Crippen LogP contribution in [-0.2, 0) is 19.2 Å². The summed E-state index contributed by atoms with van der Waals surface area (Å²) in [4.78, 5) is 49.5. The molecule has 0 unspecified atom stereocenters. The van der Waals surface area contributed by atoms with Crippen LogP contribution in [0.25, 0.3) is 21.5 Å². The van der Waals surface area contributed by atoms with E-state index in [9.17, 15) is 18.8 Å². The van der Waals surface area contributed by atoms with Crippen molar-refractivity contribution in [2.75, 3.05) is 6.67 Å². The molecule has 0 spiro atoms. The van der Waals surface area contributed by atoms with E-state index < -0.39 is 42.2 Å². The molecule has 204 valence electrons. The van der Waals surface area contributed by atoms with Crippen molar-refractivity contribution in [3.05, 3.63) is 84.7 Å². The number of halogens is 1. The Bertz CT molecular complexity index is 1620. The van der Waals surface area contributed by atoms with Crippen molar-refractivity contribution in [3.8, 4) is 5.75 Å². The average Bonchev–Trinajstić information content (AvgIpc) is 3.43. The van der Waals surface area contributed by atoms with Gasteiger partial charge < -0.3 is 9.57 Å². The lowest BCUT2D eigenvalue weighted by Crippen LogP contribution is -2.45. The largest absolute Gasteiger partial charge is 0.426 e. The number of rotatable bonds is 10. The Kier molecular flexibility index (Phi) is 7.69. The lowest BCUT2D eigenvalue weighted by Gasteiger charge is -2.30. The van der Waals surface area contributed by atoms with Gasteiger partial charge in [0.05, 0.1) is 12.1 Å². The number of esters is 1. The van der Waals surface area contributed by atoms with Gasteiger partial charge in [-0.1, -0.05) is 79.7 Å². The Hall–Kier alpha value is -4.46. The summed E-state index contributed by atoms with van der Waals surface area (Å²) < 4.78 is 19.1. The molecule has 4 aromatic rings. The molecule has 1 aliphatic rings. The fourth-order valence-electron chi connectivity index (χ4n) is 5.16. The fourth-order valence-corrected chi connectivity index (χ4v) is 5.16. The van der Waals surface area contributed by atoms with Crippen LogP contribution in [0.4, 0.5) is 4.39 Å². The quantitative estimate of drug-likeness (QED) is 0.180. The van der Waals surface area contributed by atoms with Crippen LogP contribution in [0.1, 0.15) is 38.8 Å². The number of alkyl halides is 1. The summed E-state index contributed by atoms with van der Waals surface area (Å²) in [6, 6.07) is 22.3. The van der Waals surface area contributed by atoms with Gasteiger partial charge in [0.1, 0.15) is 18.1 Å². The molecule has 1 aliphatic heterocycles. The average molecular weight is 541 g/mol. The number of hydrogen-bond acceptors (Lipinski definition) is 7. The second kappa shape index (κ2) is 11.3. The summed E-state index contributed by atoms with van der Waals surface area (Å²) in [5, 5.41) is 7.71. The molecule has 2 heterocycles. The van der Waals surface area contributed by atoms with Gasteiger partial charge in [0.2, 0.25) is 5.60 Å². The summed E-state index contributed by atoms with van der Waals surface area (Å²) in [6.45, 7) is 2.36. The number of Topliss-reactive ketones (excluding diaryl/α,β-unsaturated/α-hetero) is 2. The van der Waals surface area contributed by atoms with Crippen LogP contribution in [0.5, 0.6) is 5.75 Å². The van der Waals surface area contributed by atoms with Crippen molar-refractivity contribution >= 4 is 44.8 Å². The van der Waals surface area contributed by atoms with E-state index in [1.807, 2.05) is 74.5 Å². The van der Waals surface area contributed by atoms with Crippen LogP contribution in [0.2, 0.25) is 0 Å². The molecule has 2 atom stereocenters. The first-order chi connectivity index (χ1) is 19.3. The van der Waals surface area contributed by atoms with Crippen molar-refractivity contribution in [2.45, 2.75) is 38.7 Å². The highest BCUT2D eigenvalue weighted by Gasteiger charge is 2.50. The standard InChI is InChI=1S/C32H29FN2O5/c1-20(2)32(18-26(35-40-32)31-25-12-6-4-9-22(25)14-15-34-31)29(37)16-23(27(36)19-33)17-30(38)39-28-13-7-10-21-8-3-5-11-24(21)28/h3-15,20,23H,16-19H2,1-2H3/t23-,32+/m0/s1. The van der Waals surface area contributed by atoms with E-state index in [0.29, 0.717) is 17.2 Å². The van der Waals surface area contributed by atoms with E-state index in [4.69, 9.17) is 9.57 Å². The molecule has 0 fully saturated rings. The minimum atomic E-state index is -1.37. The second-order valence-electron chi connectivity index (χ2n) is 10.3. The van der Waals surface area contributed by atoms with Crippen LogP contribution in [0, 0.1) is 11.8 Å². The molecule has 0 amide bonds. The summed E-state index contributed by atoms with van der Waals surface area (Å²) in [5.74, 6) is -3.17. The number of ketones is 2. The Balaban J connectivity index is 1.34. The highest BCUT2D eigenvalue weighted by molar-refractivity contribution is 6.12. The number of oxime groups is 1. The molecule has 0 N–H and O–H groups in total. The maximum Gasteiger partial charge on any atom is 0.311 e. The zero-order valence-electron chi connectivity index (χ0n) is 22.3. The molecule has 1 aromatic heterocycles. The molecule has 0 radical (unpaired) electrons. The number of hydrogen-bond donors (Lipinski definition) is 0. The second-order valence-corrected chi connectivity index (χ2v) is 10.3. The molecule has 0 saturated heterocycles. The van der Waals surface area contributed by atoms with Crippen LogP contribution >= 0.6 is 0 Å². The van der Waals surface area contributed by atoms with E-state index in [-0.39, 0.29) is 18.8 Å². The first-order valence-electron chi connectivity index (χ1n) is 13.2. The zero-order valence-corrected chi connectivity index (χ0v) is 22.3. The number of benzene rings is 3. The Morgan fingerprint density at radius 2 is 1.60 bits per heavy atom.